The fourth-order valence-corrected chi connectivity index (χ4v) is 3.11. The van der Waals surface area contributed by atoms with Crippen molar-refractivity contribution in [2.24, 2.45) is 5.92 Å². The second-order valence-electron chi connectivity index (χ2n) is 6.55. The van der Waals surface area contributed by atoms with Gasteiger partial charge in [0.05, 0.1) is 0 Å². The van der Waals surface area contributed by atoms with Gasteiger partial charge in [-0.1, -0.05) is 48.9 Å². The van der Waals surface area contributed by atoms with Gasteiger partial charge < -0.3 is 10.2 Å². The van der Waals surface area contributed by atoms with E-state index in [0.29, 0.717) is 19.5 Å². The van der Waals surface area contributed by atoms with Crippen LogP contribution in [0.15, 0.2) is 48.5 Å². The number of benzene rings is 2. The molecule has 1 fully saturated rings. The molecule has 0 radical (unpaired) electrons. The molecule has 0 spiro atoms. The van der Waals surface area contributed by atoms with E-state index in [1.165, 1.54) is 11.1 Å². The van der Waals surface area contributed by atoms with E-state index in [-0.39, 0.29) is 11.8 Å². The maximum absolute atomic E-state index is 12.6. The molecule has 25 heavy (non-hydrogen) atoms. The van der Waals surface area contributed by atoms with E-state index in [1.807, 2.05) is 55.5 Å². The second-order valence-corrected chi connectivity index (χ2v) is 6.55. The topological polar surface area (TPSA) is 49.4 Å². The normalized spacial score (nSPS) is 17.0. The zero-order valence-electron chi connectivity index (χ0n) is 14.8. The van der Waals surface area contributed by atoms with E-state index in [1.54, 1.807) is 4.90 Å². The van der Waals surface area contributed by atoms with Crippen molar-refractivity contribution in [3.8, 4) is 0 Å². The van der Waals surface area contributed by atoms with Crippen LogP contribution in [-0.2, 0) is 22.6 Å². The summed E-state index contributed by atoms with van der Waals surface area (Å²) in [5.74, 6) is -0.875. The number of nitrogens with zero attached hydrogens (tertiary/aromatic N) is 1. The highest BCUT2D eigenvalue weighted by Gasteiger charge is 2.37. The van der Waals surface area contributed by atoms with Crippen LogP contribution in [0, 0.1) is 12.8 Å². The van der Waals surface area contributed by atoms with E-state index in [0.717, 1.165) is 17.7 Å². The Kier molecular flexibility index (Phi) is 5.17. The number of carbonyl (C=O) groups excluding carboxylic acids is 2. The zero-order chi connectivity index (χ0) is 17.8. The van der Waals surface area contributed by atoms with Crippen LogP contribution in [0.1, 0.15) is 30.0 Å². The lowest BCUT2D eigenvalue weighted by Crippen LogP contribution is -2.36. The van der Waals surface area contributed by atoms with Crippen molar-refractivity contribution in [2.75, 3.05) is 11.4 Å². The van der Waals surface area contributed by atoms with Crippen molar-refractivity contribution in [1.82, 2.24) is 5.32 Å². The minimum Gasteiger partial charge on any atom is -0.351 e. The average molecular weight is 336 g/mol. The van der Waals surface area contributed by atoms with Crippen molar-refractivity contribution < 1.29 is 9.59 Å². The van der Waals surface area contributed by atoms with Crippen LogP contribution in [0.25, 0.3) is 0 Å². The highest BCUT2D eigenvalue weighted by molar-refractivity contribution is 6.09. The van der Waals surface area contributed by atoms with E-state index in [4.69, 9.17) is 0 Å². The van der Waals surface area contributed by atoms with Gasteiger partial charge in [-0.3, -0.25) is 9.59 Å². The average Bonchev–Trinajstić information content (AvgIpc) is 3.02. The molecule has 0 saturated carbocycles. The lowest BCUT2D eigenvalue weighted by Gasteiger charge is -2.17. The summed E-state index contributed by atoms with van der Waals surface area (Å²) in [5.41, 5.74) is 4.33. The van der Waals surface area contributed by atoms with Crippen LogP contribution in [0.2, 0.25) is 0 Å². The smallest absolute Gasteiger partial charge is 0.239 e. The summed E-state index contributed by atoms with van der Waals surface area (Å²) < 4.78 is 0. The third-order valence-corrected chi connectivity index (χ3v) is 4.77. The van der Waals surface area contributed by atoms with Crippen molar-refractivity contribution >= 4 is 17.5 Å². The van der Waals surface area contributed by atoms with Gasteiger partial charge in [0.25, 0.3) is 0 Å². The molecular formula is C21H24N2O2. The van der Waals surface area contributed by atoms with Gasteiger partial charge in [0, 0.05) is 18.8 Å². The molecule has 3 rings (SSSR count). The fourth-order valence-electron chi connectivity index (χ4n) is 3.11. The predicted molar refractivity (Wildman–Crippen MR) is 99.3 cm³/mol. The molecule has 1 saturated heterocycles. The van der Waals surface area contributed by atoms with Crippen molar-refractivity contribution in [1.29, 1.82) is 0 Å². The summed E-state index contributed by atoms with van der Waals surface area (Å²) in [6, 6.07) is 16.0. The first-order chi connectivity index (χ1) is 12.1. The summed E-state index contributed by atoms with van der Waals surface area (Å²) in [6.45, 7) is 5.17. The molecule has 4 nitrogen and oxygen atoms in total. The van der Waals surface area contributed by atoms with Crippen molar-refractivity contribution in [2.45, 2.75) is 33.2 Å². The molecule has 130 valence electrons. The number of anilines is 1. The number of rotatable bonds is 5. The summed E-state index contributed by atoms with van der Waals surface area (Å²) in [6.07, 6.45) is 1.53. The van der Waals surface area contributed by atoms with Crippen molar-refractivity contribution in [3.63, 3.8) is 0 Å². The molecule has 0 aromatic heterocycles. The summed E-state index contributed by atoms with van der Waals surface area (Å²) in [4.78, 5) is 26.8. The predicted octanol–water partition coefficient (Wildman–Crippen LogP) is 3.23. The molecule has 2 aromatic carbocycles. The van der Waals surface area contributed by atoms with Gasteiger partial charge in [0.15, 0.2) is 0 Å². The largest absolute Gasteiger partial charge is 0.351 e. The zero-order valence-corrected chi connectivity index (χ0v) is 14.8. The Balaban J connectivity index is 1.60. The van der Waals surface area contributed by atoms with E-state index in [9.17, 15) is 9.59 Å². The third kappa shape index (κ3) is 3.90. The Morgan fingerprint density at radius 2 is 1.72 bits per heavy atom. The number of carbonyl (C=O) groups is 2. The number of hydrogen-bond donors (Lipinski definition) is 1. The van der Waals surface area contributed by atoms with Gasteiger partial charge in [0.2, 0.25) is 11.8 Å². The molecule has 4 heteroatoms. The van der Waals surface area contributed by atoms with Crippen LogP contribution in [-0.4, -0.2) is 18.4 Å². The molecule has 1 aliphatic rings. The third-order valence-electron chi connectivity index (χ3n) is 4.77. The monoisotopic (exact) mass is 336 g/mol. The van der Waals surface area contributed by atoms with Crippen molar-refractivity contribution in [3.05, 3.63) is 65.2 Å². The standard InChI is InChI=1S/C21H24N2O2/c1-3-16-8-10-18(11-9-16)23-13-12-19(21(23)25)20(24)22-14-17-6-4-15(2)5-7-17/h4-11,19H,3,12-14H2,1-2H3,(H,22,24)/t19-/m1/s1. The summed E-state index contributed by atoms with van der Waals surface area (Å²) >= 11 is 0. The molecule has 2 aromatic rings. The fraction of sp³-hybridized carbons (Fsp3) is 0.333. The first kappa shape index (κ1) is 17.2. The number of amides is 2. The first-order valence-electron chi connectivity index (χ1n) is 8.82. The number of hydrogen-bond acceptors (Lipinski definition) is 2. The lowest BCUT2D eigenvalue weighted by molar-refractivity contribution is -0.132. The maximum Gasteiger partial charge on any atom is 0.239 e. The molecule has 2 amide bonds. The highest BCUT2D eigenvalue weighted by Crippen LogP contribution is 2.26. The van der Waals surface area contributed by atoms with Crippen LogP contribution in [0.4, 0.5) is 5.69 Å². The second kappa shape index (κ2) is 7.51. The molecule has 0 aliphatic carbocycles. The molecule has 1 heterocycles. The Hall–Kier alpha value is -2.62. The quantitative estimate of drug-likeness (QED) is 0.852. The Labute approximate surface area is 148 Å². The molecule has 1 N–H and O–H groups in total. The summed E-state index contributed by atoms with van der Waals surface area (Å²) in [5, 5.41) is 2.89. The van der Waals surface area contributed by atoms with Crippen LogP contribution in [0.5, 0.6) is 0 Å². The number of aryl methyl sites for hydroxylation is 2. The SMILES string of the molecule is CCc1ccc(N2CC[C@H](C(=O)NCc3ccc(C)cc3)C2=O)cc1. The number of nitrogens with one attached hydrogen (secondary N) is 1. The molecular weight excluding hydrogens is 312 g/mol. The maximum atomic E-state index is 12.6. The highest BCUT2D eigenvalue weighted by atomic mass is 16.2. The Bertz CT molecular complexity index is 750. The molecule has 1 aliphatic heterocycles. The van der Waals surface area contributed by atoms with Crippen LogP contribution in [0.3, 0.4) is 0 Å². The van der Waals surface area contributed by atoms with E-state index < -0.39 is 5.92 Å². The molecule has 0 bridgehead atoms. The molecule has 0 unspecified atom stereocenters. The van der Waals surface area contributed by atoms with Gasteiger partial charge in [0.1, 0.15) is 5.92 Å². The minimum absolute atomic E-state index is 0.106. The van der Waals surface area contributed by atoms with Gasteiger partial charge in [-0.25, -0.2) is 0 Å². The van der Waals surface area contributed by atoms with Gasteiger partial charge in [-0.15, -0.1) is 0 Å². The van der Waals surface area contributed by atoms with Gasteiger partial charge >= 0.3 is 0 Å². The first-order valence-corrected chi connectivity index (χ1v) is 8.82. The lowest BCUT2D eigenvalue weighted by atomic mass is 10.1. The van der Waals surface area contributed by atoms with Gasteiger partial charge in [-0.05, 0) is 43.0 Å². The minimum atomic E-state index is -0.587. The van der Waals surface area contributed by atoms with E-state index in [2.05, 4.69) is 12.2 Å². The molecule has 1 atom stereocenters. The van der Waals surface area contributed by atoms with E-state index >= 15 is 0 Å². The van der Waals surface area contributed by atoms with Crippen LogP contribution < -0.4 is 10.2 Å². The van der Waals surface area contributed by atoms with Gasteiger partial charge in [-0.2, -0.15) is 0 Å². The Morgan fingerprint density at radius 1 is 1.08 bits per heavy atom. The Morgan fingerprint density at radius 3 is 2.36 bits per heavy atom. The summed E-state index contributed by atoms with van der Waals surface area (Å²) in [7, 11) is 0. The van der Waals surface area contributed by atoms with Crippen LogP contribution >= 0.6 is 0 Å².